The van der Waals surface area contributed by atoms with Gasteiger partial charge in [0.05, 0.1) is 25.9 Å². The standard InChI is InChI=1S/C14H21NO3/c1-10(16)14-12(5-4-6-13(14)17-3)15(2)11-7-8-18-9-11/h4-6,10-11,16H,7-9H2,1-3H3/t10-,11?/m1/s1. The van der Waals surface area contributed by atoms with Gasteiger partial charge in [0.25, 0.3) is 0 Å². The fraction of sp³-hybridized carbons (Fsp3) is 0.571. The van der Waals surface area contributed by atoms with Crippen molar-refractivity contribution in [1.82, 2.24) is 0 Å². The third-order valence-electron chi connectivity index (χ3n) is 3.51. The average molecular weight is 251 g/mol. The molecule has 1 aliphatic heterocycles. The van der Waals surface area contributed by atoms with E-state index in [1.165, 1.54) is 0 Å². The minimum absolute atomic E-state index is 0.370. The number of ether oxygens (including phenoxy) is 2. The van der Waals surface area contributed by atoms with E-state index in [2.05, 4.69) is 4.90 Å². The van der Waals surface area contributed by atoms with Crippen molar-refractivity contribution >= 4 is 5.69 Å². The van der Waals surface area contributed by atoms with Crippen LogP contribution in [0.4, 0.5) is 5.69 Å². The van der Waals surface area contributed by atoms with Gasteiger partial charge >= 0.3 is 0 Å². The minimum Gasteiger partial charge on any atom is -0.496 e. The van der Waals surface area contributed by atoms with E-state index in [0.717, 1.165) is 36.6 Å². The molecule has 0 bridgehead atoms. The molecule has 1 heterocycles. The van der Waals surface area contributed by atoms with E-state index in [0.29, 0.717) is 6.04 Å². The lowest BCUT2D eigenvalue weighted by Crippen LogP contribution is -2.32. The molecule has 0 amide bonds. The Morgan fingerprint density at radius 3 is 2.83 bits per heavy atom. The summed E-state index contributed by atoms with van der Waals surface area (Å²) >= 11 is 0. The van der Waals surface area contributed by atoms with E-state index in [1.807, 2.05) is 25.2 Å². The summed E-state index contributed by atoms with van der Waals surface area (Å²) in [5.41, 5.74) is 1.86. The SMILES string of the molecule is COc1cccc(N(C)C2CCOC2)c1[C@@H](C)O. The van der Waals surface area contributed by atoms with Crippen molar-refractivity contribution in [3.8, 4) is 5.75 Å². The van der Waals surface area contributed by atoms with E-state index in [4.69, 9.17) is 9.47 Å². The molecule has 1 fully saturated rings. The third kappa shape index (κ3) is 2.44. The second kappa shape index (κ2) is 5.59. The number of nitrogens with zero attached hydrogens (tertiary/aromatic N) is 1. The molecule has 1 saturated heterocycles. The van der Waals surface area contributed by atoms with Crippen molar-refractivity contribution in [1.29, 1.82) is 0 Å². The Morgan fingerprint density at radius 2 is 2.28 bits per heavy atom. The van der Waals surface area contributed by atoms with Crippen molar-refractivity contribution in [2.75, 3.05) is 32.3 Å². The van der Waals surface area contributed by atoms with E-state index < -0.39 is 6.10 Å². The highest BCUT2D eigenvalue weighted by atomic mass is 16.5. The van der Waals surface area contributed by atoms with E-state index in [9.17, 15) is 5.11 Å². The number of likely N-dealkylation sites (N-methyl/N-ethyl adjacent to an activating group) is 1. The van der Waals surface area contributed by atoms with Gasteiger partial charge < -0.3 is 19.5 Å². The number of rotatable bonds is 4. The summed E-state index contributed by atoms with van der Waals surface area (Å²) in [6.45, 7) is 3.32. The normalized spacial score (nSPS) is 20.8. The lowest BCUT2D eigenvalue weighted by molar-refractivity contribution is 0.191. The van der Waals surface area contributed by atoms with Crippen LogP contribution in [0, 0.1) is 0 Å². The molecule has 1 aliphatic rings. The van der Waals surface area contributed by atoms with Gasteiger partial charge in [0, 0.05) is 24.9 Å². The van der Waals surface area contributed by atoms with Crippen molar-refractivity contribution in [2.24, 2.45) is 0 Å². The van der Waals surface area contributed by atoms with Crippen LogP contribution in [0.25, 0.3) is 0 Å². The predicted molar refractivity (Wildman–Crippen MR) is 71.3 cm³/mol. The van der Waals surface area contributed by atoms with Gasteiger partial charge in [-0.1, -0.05) is 6.07 Å². The van der Waals surface area contributed by atoms with E-state index in [1.54, 1.807) is 14.0 Å². The zero-order valence-electron chi connectivity index (χ0n) is 11.2. The summed E-state index contributed by atoms with van der Waals surface area (Å²) < 4.78 is 10.8. The lowest BCUT2D eigenvalue weighted by Gasteiger charge is -2.29. The second-order valence-electron chi connectivity index (χ2n) is 4.70. The average Bonchev–Trinajstić information content (AvgIpc) is 2.90. The molecule has 18 heavy (non-hydrogen) atoms. The van der Waals surface area contributed by atoms with Crippen molar-refractivity contribution in [2.45, 2.75) is 25.5 Å². The van der Waals surface area contributed by atoms with Crippen molar-refractivity contribution in [3.63, 3.8) is 0 Å². The number of benzene rings is 1. The first-order chi connectivity index (χ1) is 8.65. The van der Waals surface area contributed by atoms with Gasteiger partial charge in [-0.25, -0.2) is 0 Å². The lowest BCUT2D eigenvalue weighted by atomic mass is 10.0. The van der Waals surface area contributed by atoms with Crippen LogP contribution in [0.2, 0.25) is 0 Å². The molecule has 1 aromatic rings. The fourth-order valence-corrected chi connectivity index (χ4v) is 2.46. The molecule has 1 unspecified atom stereocenters. The number of hydrogen-bond acceptors (Lipinski definition) is 4. The summed E-state index contributed by atoms with van der Waals surface area (Å²) in [6.07, 6.45) is 0.466. The zero-order valence-corrected chi connectivity index (χ0v) is 11.2. The fourth-order valence-electron chi connectivity index (χ4n) is 2.46. The second-order valence-corrected chi connectivity index (χ2v) is 4.70. The molecule has 4 nitrogen and oxygen atoms in total. The van der Waals surface area contributed by atoms with Gasteiger partial charge in [0.15, 0.2) is 0 Å². The molecule has 0 spiro atoms. The smallest absolute Gasteiger partial charge is 0.126 e. The molecular weight excluding hydrogens is 230 g/mol. The number of aliphatic hydroxyl groups is 1. The molecule has 0 radical (unpaired) electrons. The Bertz CT molecular complexity index is 400. The van der Waals surface area contributed by atoms with E-state index >= 15 is 0 Å². The maximum Gasteiger partial charge on any atom is 0.126 e. The Hall–Kier alpha value is -1.26. The molecule has 1 N–H and O–H groups in total. The van der Waals surface area contributed by atoms with Crippen LogP contribution < -0.4 is 9.64 Å². The number of hydrogen-bond donors (Lipinski definition) is 1. The van der Waals surface area contributed by atoms with Crippen LogP contribution in [0.3, 0.4) is 0 Å². The molecule has 4 heteroatoms. The highest BCUT2D eigenvalue weighted by Gasteiger charge is 2.24. The Balaban J connectivity index is 2.36. The zero-order chi connectivity index (χ0) is 13.1. The summed E-state index contributed by atoms with van der Waals surface area (Å²) in [6, 6.07) is 6.22. The Kier molecular flexibility index (Phi) is 4.09. The molecule has 2 atom stereocenters. The van der Waals surface area contributed by atoms with Gasteiger partial charge in [0.2, 0.25) is 0 Å². The van der Waals surface area contributed by atoms with Crippen LogP contribution in [0.15, 0.2) is 18.2 Å². The summed E-state index contributed by atoms with van der Waals surface area (Å²) in [5, 5.41) is 9.97. The first-order valence-corrected chi connectivity index (χ1v) is 6.30. The van der Waals surface area contributed by atoms with Gasteiger partial charge in [-0.3, -0.25) is 0 Å². The van der Waals surface area contributed by atoms with Gasteiger partial charge in [0.1, 0.15) is 5.75 Å². The molecule has 100 valence electrons. The quantitative estimate of drug-likeness (QED) is 0.888. The predicted octanol–water partition coefficient (Wildman–Crippen LogP) is 1.97. The first kappa shape index (κ1) is 13.2. The maximum atomic E-state index is 9.97. The molecule has 0 saturated carbocycles. The molecule has 1 aromatic carbocycles. The number of anilines is 1. The van der Waals surface area contributed by atoms with Gasteiger partial charge in [-0.05, 0) is 25.5 Å². The highest BCUT2D eigenvalue weighted by Crippen LogP contribution is 2.35. The van der Waals surface area contributed by atoms with Gasteiger partial charge in [-0.15, -0.1) is 0 Å². The molecular formula is C14H21NO3. The third-order valence-corrected chi connectivity index (χ3v) is 3.51. The van der Waals surface area contributed by atoms with Crippen LogP contribution in [0.5, 0.6) is 5.75 Å². The highest BCUT2D eigenvalue weighted by molar-refractivity contribution is 5.60. The Labute approximate surface area is 108 Å². The molecule has 2 rings (SSSR count). The van der Waals surface area contributed by atoms with Crippen LogP contribution in [-0.4, -0.2) is 38.5 Å². The van der Waals surface area contributed by atoms with Crippen LogP contribution in [0.1, 0.15) is 25.0 Å². The van der Waals surface area contributed by atoms with Crippen LogP contribution >= 0.6 is 0 Å². The largest absolute Gasteiger partial charge is 0.496 e. The van der Waals surface area contributed by atoms with Gasteiger partial charge in [-0.2, -0.15) is 0 Å². The summed E-state index contributed by atoms with van der Waals surface area (Å²) in [5.74, 6) is 0.730. The number of aliphatic hydroxyl groups excluding tert-OH is 1. The maximum absolute atomic E-state index is 9.97. The monoisotopic (exact) mass is 251 g/mol. The van der Waals surface area contributed by atoms with Crippen molar-refractivity contribution < 1.29 is 14.6 Å². The summed E-state index contributed by atoms with van der Waals surface area (Å²) in [4.78, 5) is 2.18. The van der Waals surface area contributed by atoms with Crippen LogP contribution in [-0.2, 0) is 4.74 Å². The topological polar surface area (TPSA) is 41.9 Å². The Morgan fingerprint density at radius 1 is 1.50 bits per heavy atom. The molecule has 0 aromatic heterocycles. The number of methoxy groups -OCH3 is 1. The first-order valence-electron chi connectivity index (χ1n) is 6.30. The molecule has 0 aliphatic carbocycles. The van der Waals surface area contributed by atoms with E-state index in [-0.39, 0.29) is 0 Å². The van der Waals surface area contributed by atoms with Crippen molar-refractivity contribution in [3.05, 3.63) is 23.8 Å². The minimum atomic E-state index is -0.555. The summed E-state index contributed by atoms with van der Waals surface area (Å²) in [7, 11) is 3.67.